The number of anilines is 2. The lowest BCUT2D eigenvalue weighted by Gasteiger charge is -2.23. The average Bonchev–Trinajstić information content (AvgIpc) is 2.59. The van der Waals surface area contributed by atoms with E-state index in [0.717, 1.165) is 29.8 Å². The molecule has 2 aromatic rings. The first-order valence-corrected chi connectivity index (χ1v) is 11.1. The highest BCUT2D eigenvalue weighted by Crippen LogP contribution is 2.27. The number of carbonyl (C=O) groups is 1. The molecule has 7 heteroatoms. The molecule has 0 aliphatic heterocycles. The van der Waals surface area contributed by atoms with Crippen molar-refractivity contribution in [2.24, 2.45) is 0 Å². The number of nitrogens with zero attached hydrogens (tertiary/aromatic N) is 1. The van der Waals surface area contributed by atoms with Gasteiger partial charge in [-0.15, -0.1) is 0 Å². The molecule has 0 fully saturated rings. The van der Waals surface area contributed by atoms with Crippen molar-refractivity contribution in [2.45, 2.75) is 26.2 Å². The number of amides is 1. The highest BCUT2D eigenvalue weighted by atomic mass is 79.9. The topological polar surface area (TPSA) is 66.5 Å². The quantitative estimate of drug-likeness (QED) is 0.671. The zero-order valence-corrected chi connectivity index (χ0v) is 17.3. The van der Waals surface area contributed by atoms with E-state index in [1.807, 2.05) is 24.3 Å². The number of benzene rings is 2. The van der Waals surface area contributed by atoms with Gasteiger partial charge < -0.3 is 5.32 Å². The number of nitrogens with one attached hydrogen (secondary N) is 1. The van der Waals surface area contributed by atoms with Crippen LogP contribution in [-0.2, 0) is 21.2 Å². The van der Waals surface area contributed by atoms with Crippen LogP contribution < -0.4 is 9.62 Å². The molecule has 0 saturated heterocycles. The summed E-state index contributed by atoms with van der Waals surface area (Å²) in [5, 5.41) is 2.76. The Hall–Kier alpha value is -1.86. The Kier molecular flexibility index (Phi) is 7.23. The first-order valence-electron chi connectivity index (χ1n) is 8.42. The van der Waals surface area contributed by atoms with Crippen LogP contribution >= 0.6 is 15.9 Å². The summed E-state index contributed by atoms with van der Waals surface area (Å²) in [7, 11) is -3.60. The van der Waals surface area contributed by atoms with Crippen molar-refractivity contribution >= 4 is 43.2 Å². The van der Waals surface area contributed by atoms with Gasteiger partial charge in [-0.3, -0.25) is 9.10 Å². The van der Waals surface area contributed by atoms with Crippen molar-refractivity contribution in [3.63, 3.8) is 0 Å². The van der Waals surface area contributed by atoms with Gasteiger partial charge in [0.25, 0.3) is 0 Å². The van der Waals surface area contributed by atoms with Crippen molar-refractivity contribution in [3.8, 4) is 0 Å². The molecule has 0 unspecified atom stereocenters. The maximum absolute atomic E-state index is 12.4. The third kappa shape index (κ3) is 5.85. The number of aryl methyl sites for hydroxylation is 1. The third-order valence-corrected chi connectivity index (χ3v) is 5.66. The number of halogens is 1. The largest absolute Gasteiger partial charge is 0.325 e. The summed E-state index contributed by atoms with van der Waals surface area (Å²) >= 11 is 3.34. The van der Waals surface area contributed by atoms with E-state index < -0.39 is 15.9 Å². The van der Waals surface area contributed by atoms with E-state index in [4.69, 9.17) is 0 Å². The van der Waals surface area contributed by atoms with Crippen molar-refractivity contribution in [3.05, 3.63) is 58.6 Å². The molecule has 0 spiro atoms. The van der Waals surface area contributed by atoms with E-state index in [1.54, 1.807) is 24.3 Å². The Balaban J connectivity index is 2.09. The molecule has 1 amide bonds. The second-order valence-corrected chi connectivity index (χ2v) is 8.83. The standard InChI is InChI=1S/C19H23BrN2O3S/c1-3-4-7-15-10-12-16(13-11-15)21-19(23)14-22(26(2,24)25)18-9-6-5-8-17(18)20/h5-6,8-13H,3-4,7,14H2,1-2H3,(H,21,23). The van der Waals surface area contributed by atoms with Crippen molar-refractivity contribution in [1.29, 1.82) is 0 Å². The average molecular weight is 439 g/mol. The van der Waals surface area contributed by atoms with Gasteiger partial charge in [-0.25, -0.2) is 8.42 Å². The van der Waals surface area contributed by atoms with E-state index in [0.29, 0.717) is 15.8 Å². The molecule has 2 rings (SSSR count). The van der Waals surface area contributed by atoms with Crippen molar-refractivity contribution in [2.75, 3.05) is 22.4 Å². The van der Waals surface area contributed by atoms with E-state index in [2.05, 4.69) is 28.2 Å². The summed E-state index contributed by atoms with van der Waals surface area (Å²) in [6, 6.07) is 14.5. The van der Waals surface area contributed by atoms with E-state index in [1.165, 1.54) is 5.56 Å². The van der Waals surface area contributed by atoms with Crippen LogP contribution in [0.15, 0.2) is 53.0 Å². The molecule has 0 aliphatic carbocycles. The zero-order chi connectivity index (χ0) is 19.2. The number of hydrogen-bond donors (Lipinski definition) is 1. The van der Waals surface area contributed by atoms with Gasteiger partial charge in [0.1, 0.15) is 6.54 Å². The fourth-order valence-electron chi connectivity index (χ4n) is 2.50. The van der Waals surface area contributed by atoms with Gasteiger partial charge in [0, 0.05) is 10.2 Å². The second kappa shape index (κ2) is 9.19. The Morgan fingerprint density at radius 2 is 1.77 bits per heavy atom. The molecule has 0 saturated carbocycles. The summed E-state index contributed by atoms with van der Waals surface area (Å²) in [6.45, 7) is 1.85. The minimum Gasteiger partial charge on any atom is -0.325 e. The lowest BCUT2D eigenvalue weighted by molar-refractivity contribution is -0.114. The van der Waals surface area contributed by atoms with Gasteiger partial charge in [-0.2, -0.15) is 0 Å². The fraction of sp³-hybridized carbons (Fsp3) is 0.316. The highest BCUT2D eigenvalue weighted by molar-refractivity contribution is 9.10. The smallest absolute Gasteiger partial charge is 0.245 e. The summed E-state index contributed by atoms with van der Waals surface area (Å²) in [5.74, 6) is -0.396. The number of hydrogen-bond acceptors (Lipinski definition) is 3. The molecule has 2 aromatic carbocycles. The fourth-order valence-corrected chi connectivity index (χ4v) is 3.99. The van der Waals surface area contributed by atoms with Crippen LogP contribution in [0.25, 0.3) is 0 Å². The molecule has 0 atom stereocenters. The van der Waals surface area contributed by atoms with Gasteiger partial charge in [-0.1, -0.05) is 37.6 Å². The minimum absolute atomic E-state index is 0.293. The lowest BCUT2D eigenvalue weighted by atomic mass is 10.1. The van der Waals surface area contributed by atoms with Crippen LogP contribution in [0.4, 0.5) is 11.4 Å². The van der Waals surface area contributed by atoms with Crippen molar-refractivity contribution < 1.29 is 13.2 Å². The molecule has 5 nitrogen and oxygen atoms in total. The van der Waals surface area contributed by atoms with Crippen LogP contribution in [0, 0.1) is 0 Å². The summed E-state index contributed by atoms with van der Waals surface area (Å²) in [4.78, 5) is 12.4. The molecule has 0 aromatic heterocycles. The van der Waals surface area contributed by atoms with Crippen LogP contribution in [0.1, 0.15) is 25.3 Å². The molecule has 0 aliphatic rings. The monoisotopic (exact) mass is 438 g/mol. The molecule has 140 valence electrons. The predicted molar refractivity (Wildman–Crippen MR) is 110 cm³/mol. The number of unbranched alkanes of at least 4 members (excludes halogenated alkanes) is 1. The molecular weight excluding hydrogens is 416 g/mol. The molecular formula is C19H23BrN2O3S. The van der Waals surface area contributed by atoms with Crippen LogP contribution in [-0.4, -0.2) is 27.1 Å². The number of carbonyl (C=O) groups excluding carboxylic acids is 1. The van der Waals surface area contributed by atoms with Gasteiger partial charge in [0.2, 0.25) is 15.9 Å². The molecule has 0 radical (unpaired) electrons. The van der Waals surface area contributed by atoms with Crippen LogP contribution in [0.3, 0.4) is 0 Å². The maximum Gasteiger partial charge on any atom is 0.245 e. The Morgan fingerprint density at radius 3 is 2.35 bits per heavy atom. The second-order valence-electron chi connectivity index (χ2n) is 6.07. The van der Waals surface area contributed by atoms with Crippen LogP contribution in [0.5, 0.6) is 0 Å². The van der Waals surface area contributed by atoms with Gasteiger partial charge in [0.15, 0.2) is 0 Å². The molecule has 1 N–H and O–H groups in total. The molecule has 0 heterocycles. The number of rotatable bonds is 8. The SMILES string of the molecule is CCCCc1ccc(NC(=O)CN(c2ccccc2Br)S(C)(=O)=O)cc1. The van der Waals surface area contributed by atoms with E-state index in [9.17, 15) is 13.2 Å². The first-order chi connectivity index (χ1) is 12.3. The maximum atomic E-state index is 12.4. The van der Waals surface area contributed by atoms with Crippen molar-refractivity contribution in [1.82, 2.24) is 0 Å². The molecule has 0 bridgehead atoms. The van der Waals surface area contributed by atoms with Gasteiger partial charge in [0.05, 0.1) is 11.9 Å². The van der Waals surface area contributed by atoms with Crippen LogP contribution in [0.2, 0.25) is 0 Å². The normalized spacial score (nSPS) is 11.2. The Bertz CT molecular complexity index is 851. The third-order valence-electron chi connectivity index (χ3n) is 3.87. The van der Waals surface area contributed by atoms with E-state index >= 15 is 0 Å². The zero-order valence-electron chi connectivity index (χ0n) is 14.9. The summed E-state index contributed by atoms with van der Waals surface area (Å²) < 4.78 is 26.0. The minimum atomic E-state index is -3.60. The van der Waals surface area contributed by atoms with Gasteiger partial charge in [-0.05, 0) is 58.6 Å². The summed E-state index contributed by atoms with van der Waals surface area (Å²) in [6.07, 6.45) is 4.35. The van der Waals surface area contributed by atoms with Gasteiger partial charge >= 0.3 is 0 Å². The highest BCUT2D eigenvalue weighted by Gasteiger charge is 2.22. The summed E-state index contributed by atoms with van der Waals surface area (Å²) in [5.41, 5.74) is 2.30. The number of sulfonamides is 1. The predicted octanol–water partition coefficient (Wildman–Crippen LogP) is 4.20. The Morgan fingerprint density at radius 1 is 1.12 bits per heavy atom. The first kappa shape index (κ1) is 20.5. The van der Waals surface area contributed by atoms with E-state index in [-0.39, 0.29) is 6.54 Å². The Labute approximate surface area is 163 Å². The molecule has 26 heavy (non-hydrogen) atoms. The number of para-hydroxylation sites is 1. The lowest BCUT2D eigenvalue weighted by Crippen LogP contribution is -2.37.